The first-order valence-corrected chi connectivity index (χ1v) is 10.8. The van der Waals surface area contributed by atoms with E-state index in [4.69, 9.17) is 4.99 Å². The van der Waals surface area contributed by atoms with E-state index in [1.807, 2.05) is 17.9 Å². The van der Waals surface area contributed by atoms with Crippen molar-refractivity contribution in [3.8, 4) is 0 Å². The minimum Gasteiger partial charge on any atom is -0.357 e. The predicted molar refractivity (Wildman–Crippen MR) is 136 cm³/mol. The largest absolute Gasteiger partial charge is 0.357 e. The van der Waals surface area contributed by atoms with Crippen molar-refractivity contribution < 1.29 is 0 Å². The zero-order chi connectivity index (χ0) is 20.6. The van der Waals surface area contributed by atoms with E-state index in [0.717, 1.165) is 51.5 Å². The van der Waals surface area contributed by atoms with E-state index in [1.54, 1.807) is 0 Å². The number of nitrogens with one attached hydrogen (secondary N) is 1. The van der Waals surface area contributed by atoms with Crippen molar-refractivity contribution in [3.63, 3.8) is 0 Å². The highest BCUT2D eigenvalue weighted by Crippen LogP contribution is 2.26. The Balaban J connectivity index is 0.00000320. The van der Waals surface area contributed by atoms with Crippen LogP contribution in [-0.4, -0.2) is 64.8 Å². The third kappa shape index (κ3) is 6.97. The molecule has 0 radical (unpaired) electrons. The van der Waals surface area contributed by atoms with Gasteiger partial charge in [0.15, 0.2) is 5.96 Å². The normalized spacial score (nSPS) is 17.8. The van der Waals surface area contributed by atoms with Crippen LogP contribution in [0.25, 0.3) is 0 Å². The number of hydrogen-bond donors (Lipinski definition) is 1. The average molecular weight is 524 g/mol. The lowest BCUT2D eigenvalue weighted by molar-refractivity contribution is 0.240. The molecular formula is C23H37IN6. The molecule has 0 aliphatic carbocycles. The zero-order valence-corrected chi connectivity index (χ0v) is 21.1. The second-order valence-corrected chi connectivity index (χ2v) is 8.15. The number of nitrogens with zero attached hydrogens (tertiary/aromatic N) is 5. The van der Waals surface area contributed by atoms with E-state index in [1.165, 1.54) is 11.1 Å². The maximum absolute atomic E-state index is 4.94. The van der Waals surface area contributed by atoms with Crippen LogP contribution in [0.2, 0.25) is 0 Å². The van der Waals surface area contributed by atoms with Gasteiger partial charge in [-0.05, 0) is 44.9 Å². The van der Waals surface area contributed by atoms with E-state index in [9.17, 15) is 0 Å². The molecule has 30 heavy (non-hydrogen) atoms. The summed E-state index contributed by atoms with van der Waals surface area (Å²) in [7, 11) is 4.18. The lowest BCUT2D eigenvalue weighted by atomic mass is 10.0. The van der Waals surface area contributed by atoms with Gasteiger partial charge in [-0.1, -0.05) is 30.3 Å². The highest BCUT2D eigenvalue weighted by Gasteiger charge is 2.26. The SMILES string of the molecule is CCNC(=NCCC(C)N(C)Cc1ccccc1)N1CCC(c2cnn(C)c2)C1.I. The molecule has 1 aromatic carbocycles. The van der Waals surface area contributed by atoms with Crippen LogP contribution < -0.4 is 5.32 Å². The minimum absolute atomic E-state index is 0. The molecule has 0 bridgehead atoms. The first-order chi connectivity index (χ1) is 14.1. The second-order valence-electron chi connectivity index (χ2n) is 8.15. The number of aliphatic imine (C=N–C) groups is 1. The Labute approximate surface area is 198 Å². The van der Waals surface area contributed by atoms with Crippen molar-refractivity contribution in [2.45, 2.75) is 45.2 Å². The van der Waals surface area contributed by atoms with Crippen LogP contribution >= 0.6 is 24.0 Å². The Kier molecular flexibility index (Phi) is 10.1. The molecule has 7 heteroatoms. The number of hydrogen-bond acceptors (Lipinski definition) is 3. The van der Waals surface area contributed by atoms with Crippen LogP contribution in [0.5, 0.6) is 0 Å². The van der Waals surface area contributed by atoms with E-state index in [-0.39, 0.29) is 24.0 Å². The molecule has 1 N–H and O–H groups in total. The van der Waals surface area contributed by atoms with Gasteiger partial charge in [-0.15, -0.1) is 24.0 Å². The van der Waals surface area contributed by atoms with Crippen molar-refractivity contribution in [1.82, 2.24) is 24.9 Å². The summed E-state index contributed by atoms with van der Waals surface area (Å²) in [6.45, 7) is 9.22. The number of aryl methyl sites for hydroxylation is 1. The maximum atomic E-state index is 4.94. The summed E-state index contributed by atoms with van der Waals surface area (Å²) < 4.78 is 1.89. The first kappa shape index (κ1) is 24.7. The Bertz CT molecular complexity index is 775. The van der Waals surface area contributed by atoms with E-state index >= 15 is 0 Å². The Morgan fingerprint density at radius 3 is 2.77 bits per heavy atom. The molecular weight excluding hydrogens is 487 g/mol. The zero-order valence-electron chi connectivity index (χ0n) is 18.8. The molecule has 0 amide bonds. The fourth-order valence-corrected chi connectivity index (χ4v) is 3.91. The standard InChI is InChI=1S/C23H36N6.HI/c1-5-24-23(29-14-12-21(18-29)22-15-26-28(4)17-22)25-13-11-19(2)27(3)16-20-9-7-6-8-10-20;/h6-10,15,17,19,21H,5,11-14,16,18H2,1-4H3,(H,24,25);1H. The summed E-state index contributed by atoms with van der Waals surface area (Å²) in [4.78, 5) is 9.75. The highest BCUT2D eigenvalue weighted by molar-refractivity contribution is 14.0. The van der Waals surface area contributed by atoms with Gasteiger partial charge < -0.3 is 10.2 Å². The summed E-state index contributed by atoms with van der Waals surface area (Å²) in [5.41, 5.74) is 2.69. The average Bonchev–Trinajstić information content (AvgIpc) is 3.37. The molecule has 1 aromatic heterocycles. The summed E-state index contributed by atoms with van der Waals surface area (Å²) >= 11 is 0. The molecule has 166 valence electrons. The van der Waals surface area contributed by atoms with Crippen LogP contribution in [0.3, 0.4) is 0 Å². The first-order valence-electron chi connectivity index (χ1n) is 10.8. The molecule has 2 aromatic rings. The van der Waals surface area contributed by atoms with Gasteiger partial charge >= 0.3 is 0 Å². The van der Waals surface area contributed by atoms with Crippen LogP contribution in [0.1, 0.15) is 43.7 Å². The van der Waals surface area contributed by atoms with Gasteiger partial charge in [-0.3, -0.25) is 14.6 Å². The van der Waals surface area contributed by atoms with Gasteiger partial charge in [-0.2, -0.15) is 5.10 Å². The van der Waals surface area contributed by atoms with E-state index in [2.05, 4.69) is 77.6 Å². The molecule has 1 aliphatic rings. The number of rotatable bonds is 8. The van der Waals surface area contributed by atoms with Gasteiger partial charge in [0.05, 0.1) is 6.20 Å². The molecule has 0 spiro atoms. The summed E-state index contributed by atoms with van der Waals surface area (Å²) in [5.74, 6) is 1.60. The lowest BCUT2D eigenvalue weighted by Gasteiger charge is -2.25. The number of halogens is 1. The molecule has 2 unspecified atom stereocenters. The third-order valence-corrected chi connectivity index (χ3v) is 5.85. The Hall–Kier alpha value is -1.61. The topological polar surface area (TPSA) is 48.7 Å². The van der Waals surface area contributed by atoms with Gasteiger partial charge in [0.1, 0.15) is 0 Å². The molecule has 2 atom stereocenters. The molecule has 3 rings (SSSR count). The Morgan fingerprint density at radius 1 is 1.33 bits per heavy atom. The van der Waals surface area contributed by atoms with Crippen molar-refractivity contribution in [3.05, 3.63) is 53.9 Å². The van der Waals surface area contributed by atoms with E-state index < -0.39 is 0 Å². The van der Waals surface area contributed by atoms with Crippen molar-refractivity contribution in [2.24, 2.45) is 12.0 Å². The van der Waals surface area contributed by atoms with Crippen molar-refractivity contribution >= 4 is 29.9 Å². The maximum Gasteiger partial charge on any atom is 0.193 e. The van der Waals surface area contributed by atoms with Gasteiger partial charge in [0.2, 0.25) is 0 Å². The van der Waals surface area contributed by atoms with Gasteiger partial charge in [0, 0.05) is 57.9 Å². The van der Waals surface area contributed by atoms with Crippen LogP contribution in [0.15, 0.2) is 47.7 Å². The number of aromatic nitrogens is 2. The lowest BCUT2D eigenvalue weighted by Crippen LogP contribution is -2.40. The summed E-state index contributed by atoms with van der Waals surface area (Å²) in [6.07, 6.45) is 6.36. The third-order valence-electron chi connectivity index (χ3n) is 5.85. The second kappa shape index (κ2) is 12.3. The van der Waals surface area contributed by atoms with Crippen molar-refractivity contribution in [1.29, 1.82) is 0 Å². The number of guanidine groups is 1. The number of likely N-dealkylation sites (tertiary alicyclic amines) is 1. The molecule has 2 heterocycles. The summed E-state index contributed by atoms with van der Waals surface area (Å²) in [5, 5.41) is 7.82. The monoisotopic (exact) mass is 524 g/mol. The fraction of sp³-hybridized carbons (Fsp3) is 0.565. The van der Waals surface area contributed by atoms with Crippen LogP contribution in [-0.2, 0) is 13.6 Å². The molecule has 1 fully saturated rings. The molecule has 1 saturated heterocycles. The fourth-order valence-electron chi connectivity index (χ4n) is 3.91. The molecule has 6 nitrogen and oxygen atoms in total. The summed E-state index contributed by atoms with van der Waals surface area (Å²) in [6, 6.07) is 11.2. The minimum atomic E-state index is 0. The predicted octanol–water partition coefficient (Wildman–Crippen LogP) is 3.70. The van der Waals surface area contributed by atoms with Gasteiger partial charge in [0.25, 0.3) is 0 Å². The van der Waals surface area contributed by atoms with Crippen LogP contribution in [0.4, 0.5) is 0 Å². The highest BCUT2D eigenvalue weighted by atomic mass is 127. The molecule has 0 saturated carbocycles. The van der Waals surface area contributed by atoms with E-state index in [0.29, 0.717) is 12.0 Å². The molecule has 1 aliphatic heterocycles. The van der Waals surface area contributed by atoms with Crippen molar-refractivity contribution in [2.75, 3.05) is 33.2 Å². The van der Waals surface area contributed by atoms with Gasteiger partial charge in [-0.25, -0.2) is 0 Å². The smallest absolute Gasteiger partial charge is 0.193 e. The Morgan fingerprint density at radius 2 is 2.10 bits per heavy atom. The number of benzene rings is 1. The van der Waals surface area contributed by atoms with Crippen LogP contribution in [0, 0.1) is 0 Å². The quantitative estimate of drug-likeness (QED) is 0.325.